The molecule has 1 fully saturated rings. The predicted molar refractivity (Wildman–Crippen MR) is 100 cm³/mol. The molecule has 15 heteroatoms. The zero-order valence-corrected chi connectivity index (χ0v) is 17.1. The second-order valence-corrected chi connectivity index (χ2v) is 6.92. The number of hydrogen-bond donors (Lipinski definition) is 3. The van der Waals surface area contributed by atoms with Gasteiger partial charge in [0.1, 0.15) is 5.75 Å². The Bertz CT molecular complexity index is 1080. The highest BCUT2D eigenvalue weighted by Crippen LogP contribution is 2.35. The van der Waals surface area contributed by atoms with E-state index in [0.717, 1.165) is 18.7 Å². The molecule has 3 N–H and O–H groups in total. The lowest BCUT2D eigenvalue weighted by Crippen LogP contribution is -2.36. The molecule has 3 rings (SSSR count). The average Bonchev–Trinajstić information content (AvgIpc) is 3.36. The first-order valence-electron chi connectivity index (χ1n) is 9.30. The molecule has 0 unspecified atom stereocenters. The fraction of sp³-hybridized carbons (Fsp3) is 0.368. The quantitative estimate of drug-likeness (QED) is 0.551. The number of carbonyl (C=O) groups is 2. The van der Waals surface area contributed by atoms with E-state index in [1.165, 1.54) is 12.1 Å². The van der Waals surface area contributed by atoms with Gasteiger partial charge >= 0.3 is 24.4 Å². The van der Waals surface area contributed by atoms with E-state index in [-0.39, 0.29) is 34.9 Å². The van der Waals surface area contributed by atoms with Crippen molar-refractivity contribution in [1.82, 2.24) is 15.6 Å². The molecule has 184 valence electrons. The molecule has 1 amide bonds. The van der Waals surface area contributed by atoms with Crippen LogP contribution in [0.15, 0.2) is 28.8 Å². The van der Waals surface area contributed by atoms with Gasteiger partial charge in [0.25, 0.3) is 5.89 Å². The summed E-state index contributed by atoms with van der Waals surface area (Å²) in [7, 11) is 0. The van der Waals surface area contributed by atoms with Gasteiger partial charge in [0.2, 0.25) is 0 Å². The van der Waals surface area contributed by atoms with E-state index in [2.05, 4.69) is 20.4 Å². The number of halogens is 6. The normalized spacial score (nSPS) is 17.8. The number of rotatable bonds is 4. The number of benzene rings is 1. The summed E-state index contributed by atoms with van der Waals surface area (Å²) in [6.07, 6.45) is -8.15. The van der Waals surface area contributed by atoms with E-state index in [0.29, 0.717) is 6.54 Å². The Hall–Kier alpha value is -3.80. The van der Waals surface area contributed by atoms with Gasteiger partial charge in [0, 0.05) is 18.6 Å². The van der Waals surface area contributed by atoms with Crippen molar-refractivity contribution >= 4 is 11.9 Å². The second kappa shape index (κ2) is 10.4. The summed E-state index contributed by atoms with van der Waals surface area (Å²) in [5.41, 5.74) is -0.0259. The number of aliphatic carboxylic acids is 1. The minimum Gasteiger partial charge on any atom is -0.475 e. The second-order valence-electron chi connectivity index (χ2n) is 6.92. The minimum absolute atomic E-state index is 0.0890. The minimum atomic E-state index is -5.08. The van der Waals surface area contributed by atoms with E-state index < -0.39 is 30.2 Å². The van der Waals surface area contributed by atoms with Crippen molar-refractivity contribution < 1.29 is 50.2 Å². The van der Waals surface area contributed by atoms with E-state index in [1.807, 2.05) is 13.0 Å². The first-order valence-corrected chi connectivity index (χ1v) is 9.30. The average molecular weight is 494 g/mol. The number of oxazole rings is 1. The smallest absolute Gasteiger partial charge is 0.475 e. The van der Waals surface area contributed by atoms with Crippen LogP contribution in [0.25, 0.3) is 11.3 Å². The number of alkyl halides is 6. The van der Waals surface area contributed by atoms with Crippen molar-refractivity contribution in [3.05, 3.63) is 35.9 Å². The Morgan fingerprint density at radius 1 is 1.29 bits per heavy atom. The van der Waals surface area contributed by atoms with Crippen molar-refractivity contribution in [1.29, 1.82) is 5.26 Å². The summed E-state index contributed by atoms with van der Waals surface area (Å²) in [6.45, 7) is 2.59. The van der Waals surface area contributed by atoms with Crippen LogP contribution in [0.3, 0.4) is 0 Å². The number of aromatic nitrogens is 1. The van der Waals surface area contributed by atoms with Gasteiger partial charge in [-0.3, -0.25) is 4.79 Å². The van der Waals surface area contributed by atoms with E-state index in [9.17, 15) is 31.1 Å². The molecule has 1 aliphatic rings. The molecule has 34 heavy (non-hydrogen) atoms. The molecule has 1 aromatic heterocycles. The molecule has 1 aromatic carbocycles. The van der Waals surface area contributed by atoms with Gasteiger partial charge in [0.05, 0.1) is 23.4 Å². The molecule has 2 atom stereocenters. The molecule has 2 aromatic rings. The van der Waals surface area contributed by atoms with Crippen molar-refractivity contribution in [3.63, 3.8) is 0 Å². The largest absolute Gasteiger partial charge is 0.573 e. The van der Waals surface area contributed by atoms with Crippen molar-refractivity contribution in [2.24, 2.45) is 0 Å². The molecule has 0 radical (unpaired) electrons. The van der Waals surface area contributed by atoms with Crippen LogP contribution in [0.5, 0.6) is 5.75 Å². The van der Waals surface area contributed by atoms with Crippen LogP contribution in [0, 0.1) is 11.3 Å². The fourth-order valence-electron chi connectivity index (χ4n) is 2.80. The molecule has 0 aliphatic carbocycles. The van der Waals surface area contributed by atoms with Gasteiger partial charge in [0.15, 0.2) is 5.76 Å². The number of nitriles is 1. The summed E-state index contributed by atoms with van der Waals surface area (Å²) in [4.78, 5) is 25.0. The Morgan fingerprint density at radius 2 is 1.94 bits per heavy atom. The van der Waals surface area contributed by atoms with Crippen LogP contribution in [-0.2, 0) is 4.79 Å². The van der Waals surface area contributed by atoms with Crippen LogP contribution in [-0.4, -0.2) is 53.1 Å². The maximum absolute atomic E-state index is 12.6. The Labute approximate surface area is 187 Å². The summed E-state index contributed by atoms with van der Waals surface area (Å²) in [5.74, 6) is -4.29. The monoisotopic (exact) mass is 494 g/mol. The predicted octanol–water partition coefficient (Wildman–Crippen LogP) is 3.23. The summed E-state index contributed by atoms with van der Waals surface area (Å²) in [6, 6.07) is 5.37. The van der Waals surface area contributed by atoms with Gasteiger partial charge in [-0.15, -0.1) is 13.2 Å². The number of amides is 1. The standard InChI is InChI=1S/C17H15F3N4O3.C2HF3O2/c1-9-4-11(7-22-9)24-15(25)16-23-8-14(26-16)12-5-10(6-21)2-3-13(12)27-17(18,19)20;3-2(4,5)1(6)7/h2-3,5,8-9,11,22H,4,7H2,1H3,(H,24,25);(H,6,7)/t9-,11-;/m1./s1. The third-order valence-corrected chi connectivity index (χ3v) is 4.23. The summed E-state index contributed by atoms with van der Waals surface area (Å²) < 4.78 is 78.9. The summed E-state index contributed by atoms with van der Waals surface area (Å²) >= 11 is 0. The third kappa shape index (κ3) is 7.66. The summed E-state index contributed by atoms with van der Waals surface area (Å²) in [5, 5.41) is 22.0. The van der Waals surface area contributed by atoms with Crippen LogP contribution in [0.4, 0.5) is 26.3 Å². The molecular weight excluding hydrogens is 478 g/mol. The van der Waals surface area contributed by atoms with Crippen molar-refractivity contribution in [2.45, 2.75) is 38.0 Å². The third-order valence-electron chi connectivity index (χ3n) is 4.23. The maximum Gasteiger partial charge on any atom is 0.573 e. The Balaban J connectivity index is 0.000000509. The van der Waals surface area contributed by atoms with E-state index in [4.69, 9.17) is 19.6 Å². The lowest BCUT2D eigenvalue weighted by Gasteiger charge is -2.12. The molecule has 2 heterocycles. The Morgan fingerprint density at radius 3 is 2.44 bits per heavy atom. The van der Waals surface area contributed by atoms with Crippen LogP contribution in [0.2, 0.25) is 0 Å². The van der Waals surface area contributed by atoms with Gasteiger partial charge < -0.3 is 24.9 Å². The highest BCUT2D eigenvalue weighted by molar-refractivity contribution is 5.90. The molecule has 0 spiro atoms. The highest BCUT2D eigenvalue weighted by Gasteiger charge is 2.38. The topological polar surface area (TPSA) is 137 Å². The first-order chi connectivity index (χ1) is 15.7. The van der Waals surface area contributed by atoms with Gasteiger partial charge in [-0.05, 0) is 31.5 Å². The lowest BCUT2D eigenvalue weighted by atomic mass is 10.1. The van der Waals surface area contributed by atoms with Gasteiger partial charge in [-0.25, -0.2) is 9.78 Å². The molecule has 9 nitrogen and oxygen atoms in total. The zero-order chi connectivity index (χ0) is 25.7. The van der Waals surface area contributed by atoms with Crippen LogP contribution >= 0.6 is 0 Å². The number of nitrogens with zero attached hydrogens (tertiary/aromatic N) is 2. The van der Waals surface area contributed by atoms with Crippen molar-refractivity contribution in [2.75, 3.05) is 6.54 Å². The van der Waals surface area contributed by atoms with E-state index >= 15 is 0 Å². The molecule has 0 saturated carbocycles. The SMILES string of the molecule is C[C@@H]1C[C@@H](NC(=O)c2ncc(-c3cc(C#N)ccc3OC(F)(F)F)o2)CN1.O=C(O)C(F)(F)F. The molecular formula is C19H16F6N4O5. The maximum atomic E-state index is 12.6. The van der Waals surface area contributed by atoms with Crippen LogP contribution in [0.1, 0.15) is 29.6 Å². The number of carboxylic acid groups (broad SMARTS) is 1. The fourth-order valence-corrected chi connectivity index (χ4v) is 2.80. The highest BCUT2D eigenvalue weighted by atomic mass is 19.4. The van der Waals surface area contributed by atoms with Crippen LogP contribution < -0.4 is 15.4 Å². The zero-order valence-electron chi connectivity index (χ0n) is 17.1. The Kier molecular flexibility index (Phi) is 8.11. The number of hydrogen-bond acceptors (Lipinski definition) is 7. The van der Waals surface area contributed by atoms with Gasteiger partial charge in [-0.2, -0.15) is 18.4 Å². The number of carbonyl (C=O) groups excluding carboxylic acids is 1. The van der Waals surface area contributed by atoms with E-state index in [1.54, 1.807) is 0 Å². The number of ether oxygens (including phenoxy) is 1. The lowest BCUT2D eigenvalue weighted by molar-refractivity contribution is -0.274. The number of nitrogens with one attached hydrogen (secondary N) is 2. The molecule has 0 bridgehead atoms. The number of carboxylic acids is 1. The molecule has 1 aliphatic heterocycles. The first kappa shape index (κ1) is 26.5. The van der Waals surface area contributed by atoms with Crippen molar-refractivity contribution in [3.8, 4) is 23.1 Å². The molecule has 1 saturated heterocycles. The van der Waals surface area contributed by atoms with Gasteiger partial charge in [-0.1, -0.05) is 0 Å².